The summed E-state index contributed by atoms with van der Waals surface area (Å²) in [5, 5.41) is 11.7. The molecule has 2 unspecified atom stereocenters. The highest BCUT2D eigenvalue weighted by Crippen LogP contribution is 2.25. The lowest BCUT2D eigenvalue weighted by atomic mass is 9.95. The normalized spacial score (nSPS) is 19.0. The number of carboxylic acids is 1. The van der Waals surface area contributed by atoms with E-state index in [1.165, 1.54) is 0 Å². The monoisotopic (exact) mass is 293 g/mol. The Hall–Kier alpha value is -2.08. The molecule has 1 heterocycles. The molecule has 6 heteroatoms. The molecule has 0 saturated carbocycles. The Balaban J connectivity index is 2.04. The molecule has 0 aliphatic carbocycles. The number of carbonyl (C=O) groups is 2. The van der Waals surface area contributed by atoms with E-state index >= 15 is 0 Å². The third kappa shape index (κ3) is 4.19. The molecule has 21 heavy (non-hydrogen) atoms. The van der Waals surface area contributed by atoms with Gasteiger partial charge in [0.2, 0.25) is 5.91 Å². The first kappa shape index (κ1) is 15.3. The molecule has 2 atom stereocenters. The van der Waals surface area contributed by atoms with Gasteiger partial charge in [0.25, 0.3) is 0 Å². The lowest BCUT2D eigenvalue weighted by molar-refractivity contribution is -0.142. The van der Waals surface area contributed by atoms with E-state index in [1.54, 1.807) is 31.4 Å². The van der Waals surface area contributed by atoms with Crippen LogP contribution >= 0.6 is 0 Å². The summed E-state index contributed by atoms with van der Waals surface area (Å²) in [6.45, 7) is 0.580. The molecule has 2 rings (SSSR count). The maximum atomic E-state index is 12.3. The fraction of sp³-hybridized carbons (Fsp3) is 0.467. The van der Waals surface area contributed by atoms with Crippen LogP contribution in [0.25, 0.3) is 0 Å². The molecule has 1 aromatic rings. The number of rotatable bonds is 6. The summed E-state index contributed by atoms with van der Waals surface area (Å²) >= 11 is 0. The van der Waals surface area contributed by atoms with Crippen LogP contribution in [0.2, 0.25) is 0 Å². The lowest BCUT2D eigenvalue weighted by Gasteiger charge is -2.20. The number of ether oxygens (including phenoxy) is 2. The molecule has 1 amide bonds. The molecule has 6 nitrogen and oxygen atoms in total. The maximum absolute atomic E-state index is 12.3. The van der Waals surface area contributed by atoms with Gasteiger partial charge >= 0.3 is 5.97 Å². The van der Waals surface area contributed by atoms with Gasteiger partial charge in [-0.2, -0.15) is 0 Å². The molecule has 114 valence electrons. The van der Waals surface area contributed by atoms with Crippen molar-refractivity contribution in [2.75, 3.05) is 19.0 Å². The summed E-state index contributed by atoms with van der Waals surface area (Å²) in [7, 11) is 1.56. The second-order valence-corrected chi connectivity index (χ2v) is 4.97. The number of hydrogen-bond donors (Lipinski definition) is 2. The van der Waals surface area contributed by atoms with Crippen molar-refractivity contribution in [2.24, 2.45) is 5.92 Å². The number of aliphatic carboxylic acids is 1. The molecule has 2 N–H and O–H groups in total. The van der Waals surface area contributed by atoms with Crippen LogP contribution in [0, 0.1) is 5.92 Å². The molecule has 0 bridgehead atoms. The second kappa shape index (κ2) is 7.08. The summed E-state index contributed by atoms with van der Waals surface area (Å²) in [6.07, 6.45) is 1.02. The van der Waals surface area contributed by atoms with Gasteiger partial charge in [-0.3, -0.25) is 9.59 Å². The van der Waals surface area contributed by atoms with Crippen molar-refractivity contribution in [1.82, 2.24) is 0 Å². The predicted octanol–water partition coefficient (Wildman–Crippen LogP) is 1.90. The summed E-state index contributed by atoms with van der Waals surface area (Å²) in [4.78, 5) is 23.3. The SMILES string of the molecule is COc1ccc(NC(=O)C(CC(=O)O)C2CCCO2)cc1. The van der Waals surface area contributed by atoms with Gasteiger partial charge in [-0.1, -0.05) is 0 Å². The number of carboxylic acid groups (broad SMARTS) is 1. The average Bonchev–Trinajstić information content (AvgIpc) is 2.99. The molecule has 0 spiro atoms. The molecular formula is C15H19NO5. The number of nitrogens with one attached hydrogen (secondary N) is 1. The van der Waals surface area contributed by atoms with E-state index in [1.807, 2.05) is 0 Å². The number of anilines is 1. The van der Waals surface area contributed by atoms with E-state index in [2.05, 4.69) is 5.32 Å². The summed E-state index contributed by atoms with van der Waals surface area (Å²) < 4.78 is 10.5. The van der Waals surface area contributed by atoms with E-state index in [9.17, 15) is 9.59 Å². The topological polar surface area (TPSA) is 84.9 Å². The van der Waals surface area contributed by atoms with Gasteiger partial charge in [0, 0.05) is 12.3 Å². The van der Waals surface area contributed by atoms with Crippen molar-refractivity contribution in [3.8, 4) is 5.75 Å². The number of carbonyl (C=O) groups excluding carboxylic acids is 1. The smallest absolute Gasteiger partial charge is 0.304 e. The van der Waals surface area contributed by atoms with Crippen LogP contribution in [0.5, 0.6) is 5.75 Å². The Morgan fingerprint density at radius 1 is 1.43 bits per heavy atom. The van der Waals surface area contributed by atoms with Crippen LogP contribution in [0.3, 0.4) is 0 Å². The fourth-order valence-corrected chi connectivity index (χ4v) is 2.41. The Labute approximate surface area is 123 Å². The first-order valence-corrected chi connectivity index (χ1v) is 6.88. The highest BCUT2D eigenvalue weighted by Gasteiger charge is 2.33. The first-order chi connectivity index (χ1) is 10.1. The first-order valence-electron chi connectivity index (χ1n) is 6.88. The van der Waals surface area contributed by atoms with Gasteiger partial charge in [0.05, 0.1) is 25.6 Å². The average molecular weight is 293 g/mol. The Morgan fingerprint density at radius 3 is 2.67 bits per heavy atom. The highest BCUT2D eigenvalue weighted by atomic mass is 16.5. The zero-order chi connectivity index (χ0) is 15.2. The number of hydrogen-bond acceptors (Lipinski definition) is 4. The standard InChI is InChI=1S/C15H19NO5/c1-20-11-6-4-10(5-7-11)16-15(19)12(9-14(17)18)13-3-2-8-21-13/h4-7,12-13H,2-3,8-9H2,1H3,(H,16,19)(H,17,18). The van der Waals surface area contributed by atoms with E-state index in [-0.39, 0.29) is 18.4 Å². The van der Waals surface area contributed by atoms with Crippen LogP contribution in [0.15, 0.2) is 24.3 Å². The summed E-state index contributed by atoms with van der Waals surface area (Å²) in [5.74, 6) is -1.31. The van der Waals surface area contributed by atoms with Crippen molar-refractivity contribution in [3.63, 3.8) is 0 Å². The lowest BCUT2D eigenvalue weighted by Crippen LogP contribution is -2.34. The van der Waals surface area contributed by atoms with Crippen LogP contribution < -0.4 is 10.1 Å². The fourth-order valence-electron chi connectivity index (χ4n) is 2.41. The zero-order valence-electron chi connectivity index (χ0n) is 11.9. The molecule has 1 saturated heterocycles. The van der Waals surface area contributed by atoms with Gasteiger partial charge in [0.15, 0.2) is 0 Å². The molecular weight excluding hydrogens is 274 g/mol. The second-order valence-electron chi connectivity index (χ2n) is 4.97. The Kier molecular flexibility index (Phi) is 5.16. The Bertz CT molecular complexity index is 493. The van der Waals surface area contributed by atoms with Crippen LogP contribution in [-0.4, -0.2) is 36.8 Å². The predicted molar refractivity (Wildman–Crippen MR) is 76.3 cm³/mol. The zero-order valence-corrected chi connectivity index (χ0v) is 11.9. The molecule has 1 aliphatic heterocycles. The van der Waals surface area contributed by atoms with Gasteiger partial charge in [-0.25, -0.2) is 0 Å². The minimum atomic E-state index is -1.000. The summed E-state index contributed by atoms with van der Waals surface area (Å²) in [6, 6.07) is 6.88. The minimum Gasteiger partial charge on any atom is -0.497 e. The Morgan fingerprint density at radius 2 is 2.14 bits per heavy atom. The van der Waals surface area contributed by atoms with Crippen molar-refractivity contribution < 1.29 is 24.2 Å². The third-order valence-corrected chi connectivity index (χ3v) is 3.50. The van der Waals surface area contributed by atoms with Crippen LogP contribution in [0.1, 0.15) is 19.3 Å². The largest absolute Gasteiger partial charge is 0.497 e. The van der Waals surface area contributed by atoms with Gasteiger partial charge in [-0.05, 0) is 37.1 Å². The van der Waals surface area contributed by atoms with E-state index in [0.717, 1.165) is 6.42 Å². The van der Waals surface area contributed by atoms with Crippen molar-refractivity contribution in [2.45, 2.75) is 25.4 Å². The van der Waals surface area contributed by atoms with Crippen molar-refractivity contribution in [3.05, 3.63) is 24.3 Å². The maximum Gasteiger partial charge on any atom is 0.304 e. The van der Waals surface area contributed by atoms with Crippen molar-refractivity contribution >= 4 is 17.6 Å². The molecule has 1 aliphatic rings. The number of amides is 1. The third-order valence-electron chi connectivity index (χ3n) is 3.50. The molecule has 0 radical (unpaired) electrons. The van der Waals surface area contributed by atoms with Gasteiger partial charge < -0.3 is 19.9 Å². The van der Waals surface area contributed by atoms with Crippen LogP contribution in [0.4, 0.5) is 5.69 Å². The van der Waals surface area contributed by atoms with Crippen molar-refractivity contribution in [1.29, 1.82) is 0 Å². The highest BCUT2D eigenvalue weighted by molar-refractivity contribution is 5.94. The van der Waals surface area contributed by atoms with Gasteiger partial charge in [-0.15, -0.1) is 0 Å². The van der Waals surface area contributed by atoms with Gasteiger partial charge in [0.1, 0.15) is 5.75 Å². The van der Waals surface area contributed by atoms with E-state index in [0.29, 0.717) is 24.5 Å². The summed E-state index contributed by atoms with van der Waals surface area (Å²) in [5.41, 5.74) is 0.606. The molecule has 1 aromatic carbocycles. The van der Waals surface area contributed by atoms with E-state index in [4.69, 9.17) is 14.6 Å². The number of benzene rings is 1. The molecule has 0 aromatic heterocycles. The van der Waals surface area contributed by atoms with E-state index < -0.39 is 11.9 Å². The number of methoxy groups -OCH3 is 1. The van der Waals surface area contributed by atoms with Crippen LogP contribution in [-0.2, 0) is 14.3 Å². The molecule has 1 fully saturated rings. The minimum absolute atomic E-state index is 0.230. The quantitative estimate of drug-likeness (QED) is 0.837.